The lowest BCUT2D eigenvalue weighted by molar-refractivity contribution is -0.141. The van der Waals surface area contributed by atoms with Crippen molar-refractivity contribution >= 4 is 12.0 Å². The molecule has 1 aromatic carbocycles. The summed E-state index contributed by atoms with van der Waals surface area (Å²) < 4.78 is 0. The second kappa shape index (κ2) is 7.82. The third-order valence-electron chi connectivity index (χ3n) is 4.11. The van der Waals surface area contributed by atoms with Gasteiger partial charge in [0, 0.05) is 19.1 Å². The number of nitrogens with zero attached hydrogens (tertiary/aromatic N) is 1. The van der Waals surface area contributed by atoms with Gasteiger partial charge >= 0.3 is 12.0 Å². The SMILES string of the molecule is CCCC(Cc1ccccc1)NC(=O)N1CCC(C(=O)O)C1. The van der Waals surface area contributed by atoms with E-state index in [9.17, 15) is 9.59 Å². The molecule has 2 amide bonds. The first-order valence-electron chi connectivity index (χ1n) is 7.92. The molecule has 1 saturated heterocycles. The number of amides is 2. The maximum absolute atomic E-state index is 12.3. The van der Waals surface area contributed by atoms with Crippen molar-refractivity contribution in [2.24, 2.45) is 5.92 Å². The zero-order valence-corrected chi connectivity index (χ0v) is 13.0. The maximum Gasteiger partial charge on any atom is 0.317 e. The number of hydrogen-bond donors (Lipinski definition) is 2. The molecule has 1 aliphatic heterocycles. The lowest BCUT2D eigenvalue weighted by atomic mass is 10.0. The molecule has 0 bridgehead atoms. The van der Waals surface area contributed by atoms with Gasteiger partial charge in [0.05, 0.1) is 5.92 Å². The van der Waals surface area contributed by atoms with Crippen molar-refractivity contribution < 1.29 is 14.7 Å². The van der Waals surface area contributed by atoms with Crippen molar-refractivity contribution in [1.29, 1.82) is 0 Å². The summed E-state index contributed by atoms with van der Waals surface area (Å²) in [6.45, 7) is 2.93. The van der Waals surface area contributed by atoms with E-state index < -0.39 is 11.9 Å². The Morgan fingerprint density at radius 2 is 2.09 bits per heavy atom. The van der Waals surface area contributed by atoms with E-state index in [1.54, 1.807) is 4.90 Å². The van der Waals surface area contributed by atoms with Gasteiger partial charge in [-0.05, 0) is 24.8 Å². The molecule has 0 aromatic heterocycles. The Morgan fingerprint density at radius 1 is 1.36 bits per heavy atom. The lowest BCUT2D eigenvalue weighted by Crippen LogP contribution is -2.45. The minimum Gasteiger partial charge on any atom is -0.481 e. The molecule has 1 heterocycles. The molecule has 2 rings (SSSR count). The van der Waals surface area contributed by atoms with E-state index in [1.807, 2.05) is 18.2 Å². The summed E-state index contributed by atoms with van der Waals surface area (Å²) >= 11 is 0. The Balaban J connectivity index is 1.90. The molecule has 2 unspecified atom stereocenters. The van der Waals surface area contributed by atoms with Crippen LogP contribution in [0, 0.1) is 5.92 Å². The fraction of sp³-hybridized carbons (Fsp3) is 0.529. The Labute approximate surface area is 131 Å². The van der Waals surface area contributed by atoms with E-state index in [0.29, 0.717) is 19.5 Å². The Bertz CT molecular complexity index is 504. The number of nitrogens with one attached hydrogen (secondary N) is 1. The predicted octanol–water partition coefficient (Wildman–Crippen LogP) is 2.51. The molecule has 5 heteroatoms. The molecule has 22 heavy (non-hydrogen) atoms. The minimum atomic E-state index is -0.815. The lowest BCUT2D eigenvalue weighted by Gasteiger charge is -2.23. The standard InChI is InChI=1S/C17H24N2O3/c1-2-6-15(11-13-7-4-3-5-8-13)18-17(22)19-10-9-14(12-19)16(20)21/h3-5,7-8,14-15H,2,6,9-12H2,1H3,(H,18,22)(H,20,21). The summed E-state index contributed by atoms with van der Waals surface area (Å²) in [6.07, 6.45) is 3.25. The van der Waals surface area contributed by atoms with Crippen LogP contribution in [0.4, 0.5) is 4.79 Å². The maximum atomic E-state index is 12.3. The number of rotatable bonds is 6. The van der Waals surface area contributed by atoms with Crippen LogP contribution in [0.1, 0.15) is 31.7 Å². The van der Waals surface area contributed by atoms with Gasteiger partial charge in [-0.1, -0.05) is 43.7 Å². The Hall–Kier alpha value is -2.04. The quantitative estimate of drug-likeness (QED) is 0.848. The van der Waals surface area contributed by atoms with Gasteiger partial charge in [-0.25, -0.2) is 4.79 Å². The van der Waals surface area contributed by atoms with Crippen molar-refractivity contribution in [2.45, 2.75) is 38.6 Å². The number of carboxylic acid groups (broad SMARTS) is 1. The minimum absolute atomic E-state index is 0.0868. The summed E-state index contributed by atoms with van der Waals surface area (Å²) in [5, 5.41) is 12.1. The van der Waals surface area contributed by atoms with E-state index in [-0.39, 0.29) is 12.1 Å². The number of likely N-dealkylation sites (tertiary alicyclic amines) is 1. The number of hydrogen-bond acceptors (Lipinski definition) is 2. The fourth-order valence-corrected chi connectivity index (χ4v) is 2.88. The first-order valence-corrected chi connectivity index (χ1v) is 7.92. The third kappa shape index (κ3) is 4.48. The van der Waals surface area contributed by atoms with Crippen LogP contribution in [0.2, 0.25) is 0 Å². The molecule has 2 N–H and O–H groups in total. The average molecular weight is 304 g/mol. The van der Waals surface area contributed by atoms with Crippen molar-refractivity contribution in [3.8, 4) is 0 Å². The van der Waals surface area contributed by atoms with Crippen molar-refractivity contribution in [3.63, 3.8) is 0 Å². The predicted molar refractivity (Wildman–Crippen MR) is 84.7 cm³/mol. The average Bonchev–Trinajstić information content (AvgIpc) is 2.98. The number of carbonyl (C=O) groups excluding carboxylic acids is 1. The number of benzene rings is 1. The molecule has 1 fully saturated rings. The van der Waals surface area contributed by atoms with Crippen LogP contribution in [-0.2, 0) is 11.2 Å². The van der Waals surface area contributed by atoms with Crippen LogP contribution >= 0.6 is 0 Å². The van der Waals surface area contributed by atoms with Crippen molar-refractivity contribution in [1.82, 2.24) is 10.2 Å². The van der Waals surface area contributed by atoms with Crippen LogP contribution in [0.15, 0.2) is 30.3 Å². The summed E-state index contributed by atoms with van der Waals surface area (Å²) in [7, 11) is 0. The smallest absolute Gasteiger partial charge is 0.317 e. The first-order chi connectivity index (χ1) is 10.6. The molecule has 0 aliphatic carbocycles. The highest BCUT2D eigenvalue weighted by atomic mass is 16.4. The van der Waals surface area contributed by atoms with E-state index in [1.165, 1.54) is 5.56 Å². The summed E-state index contributed by atoms with van der Waals surface area (Å²) in [5.74, 6) is -1.24. The van der Waals surface area contributed by atoms with Crippen molar-refractivity contribution in [3.05, 3.63) is 35.9 Å². The molecule has 0 spiro atoms. The van der Waals surface area contributed by atoms with Gasteiger partial charge in [-0.2, -0.15) is 0 Å². The summed E-state index contributed by atoms with van der Waals surface area (Å²) in [4.78, 5) is 24.9. The first kappa shape index (κ1) is 16.3. The van der Waals surface area contributed by atoms with Gasteiger partial charge in [0.25, 0.3) is 0 Å². The molecule has 2 atom stereocenters. The van der Waals surface area contributed by atoms with E-state index >= 15 is 0 Å². The topological polar surface area (TPSA) is 69.6 Å². The van der Waals surface area contributed by atoms with Gasteiger partial charge in [-0.15, -0.1) is 0 Å². The Morgan fingerprint density at radius 3 is 2.68 bits per heavy atom. The monoisotopic (exact) mass is 304 g/mol. The molecule has 0 radical (unpaired) electrons. The largest absolute Gasteiger partial charge is 0.481 e. The molecule has 5 nitrogen and oxygen atoms in total. The van der Waals surface area contributed by atoms with Crippen LogP contribution in [-0.4, -0.2) is 41.1 Å². The second-order valence-corrected chi connectivity index (χ2v) is 5.89. The van der Waals surface area contributed by atoms with Gasteiger partial charge in [0.15, 0.2) is 0 Å². The summed E-state index contributed by atoms with van der Waals surface area (Å²) in [5.41, 5.74) is 1.20. The number of aliphatic carboxylic acids is 1. The van der Waals surface area contributed by atoms with E-state index in [0.717, 1.165) is 19.3 Å². The third-order valence-corrected chi connectivity index (χ3v) is 4.11. The van der Waals surface area contributed by atoms with Crippen molar-refractivity contribution in [2.75, 3.05) is 13.1 Å². The van der Waals surface area contributed by atoms with Crippen LogP contribution in [0.3, 0.4) is 0 Å². The number of urea groups is 1. The highest BCUT2D eigenvalue weighted by Crippen LogP contribution is 2.17. The van der Waals surface area contributed by atoms with E-state index in [4.69, 9.17) is 5.11 Å². The molecule has 120 valence electrons. The van der Waals surface area contributed by atoms with Gasteiger partial charge in [0.2, 0.25) is 0 Å². The highest BCUT2D eigenvalue weighted by Gasteiger charge is 2.31. The highest BCUT2D eigenvalue weighted by molar-refractivity contribution is 5.77. The molecular formula is C17H24N2O3. The number of carboxylic acids is 1. The van der Waals surface area contributed by atoms with Crippen LogP contribution < -0.4 is 5.32 Å². The molecule has 1 aromatic rings. The van der Waals surface area contributed by atoms with Crippen LogP contribution in [0.5, 0.6) is 0 Å². The second-order valence-electron chi connectivity index (χ2n) is 5.89. The molecular weight excluding hydrogens is 280 g/mol. The summed E-state index contributed by atoms with van der Waals surface area (Å²) in [6, 6.07) is 10.0. The molecule has 0 saturated carbocycles. The van der Waals surface area contributed by atoms with Gasteiger partial charge in [-0.3, -0.25) is 4.79 Å². The normalized spacial score (nSPS) is 19.0. The number of carbonyl (C=O) groups is 2. The van der Waals surface area contributed by atoms with Crippen LogP contribution in [0.25, 0.3) is 0 Å². The van der Waals surface area contributed by atoms with Gasteiger partial charge < -0.3 is 15.3 Å². The van der Waals surface area contributed by atoms with Gasteiger partial charge in [0.1, 0.15) is 0 Å². The zero-order chi connectivity index (χ0) is 15.9. The zero-order valence-electron chi connectivity index (χ0n) is 13.0. The Kier molecular flexibility index (Phi) is 5.81. The van der Waals surface area contributed by atoms with E-state index in [2.05, 4.69) is 24.4 Å². The molecule has 1 aliphatic rings. The fourth-order valence-electron chi connectivity index (χ4n) is 2.88.